The van der Waals surface area contributed by atoms with E-state index >= 15 is 0 Å². The van der Waals surface area contributed by atoms with Crippen molar-refractivity contribution in [2.45, 2.75) is 51.2 Å². The molecule has 1 saturated carbocycles. The summed E-state index contributed by atoms with van der Waals surface area (Å²) in [6.45, 7) is 0. The van der Waals surface area contributed by atoms with Gasteiger partial charge in [0.1, 0.15) is 0 Å². The van der Waals surface area contributed by atoms with Crippen molar-refractivity contribution in [2.24, 2.45) is 10.9 Å². The van der Waals surface area contributed by atoms with Crippen LogP contribution in [0.2, 0.25) is 0 Å². The van der Waals surface area contributed by atoms with Gasteiger partial charge in [-0.3, -0.25) is 0 Å². The van der Waals surface area contributed by atoms with E-state index in [0.29, 0.717) is 0 Å². The van der Waals surface area contributed by atoms with Crippen LogP contribution in [-0.2, 0) is 4.74 Å². The summed E-state index contributed by atoms with van der Waals surface area (Å²) in [5.74, 6) is 0.863. The number of rotatable bonds is 5. The molecule has 1 fully saturated rings. The minimum atomic E-state index is -0.144. The third-order valence-corrected chi connectivity index (χ3v) is 3.03. The van der Waals surface area contributed by atoms with Gasteiger partial charge in [-0.25, -0.2) is 5.41 Å². The van der Waals surface area contributed by atoms with E-state index in [4.69, 9.17) is 10.1 Å². The van der Waals surface area contributed by atoms with Crippen molar-refractivity contribution >= 4 is 6.01 Å². The van der Waals surface area contributed by atoms with Gasteiger partial charge in [0.25, 0.3) is 0 Å². The molecule has 0 aromatic heterocycles. The molecule has 0 spiro atoms. The van der Waals surface area contributed by atoms with Gasteiger partial charge in [0.2, 0.25) is 0 Å². The van der Waals surface area contributed by atoms with Crippen LogP contribution < -0.4 is 0 Å². The van der Waals surface area contributed by atoms with Crippen molar-refractivity contribution in [1.29, 1.82) is 5.41 Å². The van der Waals surface area contributed by atoms with Crippen LogP contribution in [0.25, 0.3) is 0 Å². The Kier molecular flexibility index (Phi) is 5.50. The molecule has 0 aromatic rings. The number of hydrogen-bond donors (Lipinski definition) is 1. The van der Waals surface area contributed by atoms with Crippen molar-refractivity contribution < 1.29 is 4.74 Å². The van der Waals surface area contributed by atoms with Crippen LogP contribution in [0.5, 0.6) is 0 Å². The molecule has 14 heavy (non-hydrogen) atoms. The highest BCUT2D eigenvalue weighted by Gasteiger charge is 2.15. The van der Waals surface area contributed by atoms with Crippen molar-refractivity contribution in [2.75, 3.05) is 7.11 Å². The molecule has 0 saturated heterocycles. The first-order valence-electron chi connectivity index (χ1n) is 5.51. The molecular weight excluding hydrogens is 176 g/mol. The molecule has 0 bridgehead atoms. The topological polar surface area (TPSA) is 45.4 Å². The average molecular weight is 196 g/mol. The second kappa shape index (κ2) is 6.74. The first-order chi connectivity index (χ1) is 6.86. The summed E-state index contributed by atoms with van der Waals surface area (Å²) in [5, 5.41) is 6.76. The summed E-state index contributed by atoms with van der Waals surface area (Å²) in [6.07, 6.45) is 8.89. The highest BCUT2D eigenvalue weighted by atomic mass is 16.5. The maximum atomic E-state index is 6.76. The Morgan fingerprint density at radius 1 is 1.43 bits per heavy atom. The minimum absolute atomic E-state index is 0.144. The molecule has 1 N–H and O–H groups in total. The fraction of sp³-hybridized carbons (Fsp3) is 0.909. The van der Waals surface area contributed by atoms with Crippen molar-refractivity contribution in [1.82, 2.24) is 0 Å². The number of methoxy groups -OCH3 is 1. The molecule has 1 rings (SSSR count). The zero-order chi connectivity index (χ0) is 10.2. The second-order valence-electron chi connectivity index (χ2n) is 4.01. The number of hydrogen-bond acceptors (Lipinski definition) is 3. The molecule has 3 heteroatoms. The summed E-state index contributed by atoms with van der Waals surface area (Å²) < 4.78 is 5.13. The third kappa shape index (κ3) is 4.03. The monoisotopic (exact) mass is 196 g/mol. The Balaban J connectivity index is 2.19. The molecule has 0 heterocycles. The Labute approximate surface area is 86.1 Å². The number of nitrogens with zero attached hydrogens (tertiary/aromatic N) is 1. The van der Waals surface area contributed by atoms with Crippen molar-refractivity contribution in [3.63, 3.8) is 0 Å². The van der Waals surface area contributed by atoms with Gasteiger partial charge in [-0.2, -0.15) is 4.99 Å². The number of nitrogens with one attached hydrogen (secondary N) is 1. The Bertz CT molecular complexity index is 193. The van der Waals surface area contributed by atoms with Crippen molar-refractivity contribution in [3.05, 3.63) is 0 Å². The molecular formula is C11H20N2O. The lowest BCUT2D eigenvalue weighted by molar-refractivity contribution is 0.0946. The summed E-state index contributed by atoms with van der Waals surface area (Å²) >= 11 is 0. The van der Waals surface area contributed by atoms with Crippen LogP contribution in [0.3, 0.4) is 0 Å². The van der Waals surface area contributed by atoms with Gasteiger partial charge < -0.3 is 4.74 Å². The quantitative estimate of drug-likeness (QED) is 0.675. The van der Waals surface area contributed by atoms with E-state index in [0.717, 1.165) is 12.3 Å². The number of aliphatic imine (C=N–C) groups is 1. The summed E-state index contributed by atoms with van der Waals surface area (Å²) in [5.41, 5.74) is 0. The van der Waals surface area contributed by atoms with E-state index in [2.05, 4.69) is 11.0 Å². The number of ether oxygens (including phenoxy) is 1. The predicted molar refractivity (Wildman–Crippen MR) is 56.8 cm³/mol. The molecule has 0 aliphatic heterocycles. The zero-order valence-corrected chi connectivity index (χ0v) is 8.96. The normalized spacial score (nSPS) is 20.1. The van der Waals surface area contributed by atoms with Crippen molar-refractivity contribution in [3.8, 4) is 0 Å². The highest BCUT2D eigenvalue weighted by Crippen LogP contribution is 2.27. The lowest BCUT2D eigenvalue weighted by Crippen LogP contribution is -2.12. The summed E-state index contributed by atoms with van der Waals surface area (Å²) in [7, 11) is 1.65. The largest absolute Gasteiger partial charge is 0.359 e. The van der Waals surface area contributed by atoms with Gasteiger partial charge in [-0.15, -0.1) is 0 Å². The van der Waals surface area contributed by atoms with Gasteiger partial charge in [-0.05, 0) is 18.8 Å². The minimum Gasteiger partial charge on any atom is -0.359 e. The Hall–Kier alpha value is -0.660. The first-order valence-corrected chi connectivity index (χ1v) is 5.51. The van der Waals surface area contributed by atoms with Gasteiger partial charge in [0, 0.05) is 7.11 Å². The fourth-order valence-corrected chi connectivity index (χ4v) is 2.16. The first kappa shape index (κ1) is 11.4. The van der Waals surface area contributed by atoms with E-state index in [1.807, 2.05) is 0 Å². The standard InChI is InChI=1S/C11H20N2O/c1-14-11(13-9-12)8-7-10-5-3-2-4-6-10/h10-12H,2-8H2,1H3. The molecule has 1 aliphatic rings. The van der Waals surface area contributed by atoms with E-state index in [1.165, 1.54) is 38.5 Å². The van der Waals surface area contributed by atoms with Gasteiger partial charge in [0.05, 0.1) is 6.01 Å². The second-order valence-corrected chi connectivity index (χ2v) is 4.01. The molecule has 80 valence electrons. The maximum absolute atomic E-state index is 6.76. The van der Waals surface area contributed by atoms with Crippen LogP contribution in [0, 0.1) is 11.3 Å². The van der Waals surface area contributed by atoms with E-state index in [9.17, 15) is 0 Å². The van der Waals surface area contributed by atoms with Crippen LogP contribution in [0.4, 0.5) is 0 Å². The zero-order valence-electron chi connectivity index (χ0n) is 8.96. The molecule has 3 nitrogen and oxygen atoms in total. The maximum Gasteiger partial charge on any atom is 0.158 e. The third-order valence-electron chi connectivity index (χ3n) is 3.03. The van der Waals surface area contributed by atoms with Gasteiger partial charge in [0.15, 0.2) is 6.23 Å². The summed E-state index contributed by atoms with van der Waals surface area (Å²) in [6, 6.07) is 2.06. The molecule has 1 aliphatic carbocycles. The van der Waals surface area contributed by atoms with E-state index in [1.54, 1.807) is 7.11 Å². The smallest absolute Gasteiger partial charge is 0.158 e. The average Bonchev–Trinajstić information content (AvgIpc) is 2.25. The van der Waals surface area contributed by atoms with Crippen LogP contribution >= 0.6 is 0 Å². The van der Waals surface area contributed by atoms with Gasteiger partial charge >= 0.3 is 0 Å². The van der Waals surface area contributed by atoms with E-state index < -0.39 is 0 Å². The fourth-order valence-electron chi connectivity index (χ4n) is 2.16. The molecule has 0 amide bonds. The lowest BCUT2D eigenvalue weighted by Gasteiger charge is -2.22. The van der Waals surface area contributed by atoms with Crippen LogP contribution in [0.15, 0.2) is 4.99 Å². The van der Waals surface area contributed by atoms with Gasteiger partial charge in [-0.1, -0.05) is 32.1 Å². The highest BCUT2D eigenvalue weighted by molar-refractivity contribution is 5.35. The SMILES string of the molecule is COC(CCC1CCCCC1)N=C=N. The molecule has 0 aromatic carbocycles. The molecule has 0 radical (unpaired) electrons. The Morgan fingerprint density at radius 3 is 2.71 bits per heavy atom. The predicted octanol–water partition coefficient (Wildman–Crippen LogP) is 3.07. The van der Waals surface area contributed by atoms with E-state index in [-0.39, 0.29) is 6.23 Å². The Morgan fingerprint density at radius 2 is 2.14 bits per heavy atom. The summed E-state index contributed by atoms with van der Waals surface area (Å²) in [4.78, 5) is 3.82. The lowest BCUT2D eigenvalue weighted by atomic mass is 9.86. The van der Waals surface area contributed by atoms with Crippen LogP contribution in [-0.4, -0.2) is 19.3 Å². The molecule has 1 unspecified atom stereocenters. The van der Waals surface area contributed by atoms with Crippen LogP contribution in [0.1, 0.15) is 44.9 Å². The molecule has 1 atom stereocenters.